The van der Waals surface area contributed by atoms with Crippen LogP contribution in [0.5, 0.6) is 0 Å². The minimum Gasteiger partial charge on any atom is -0.381 e. The molecule has 3 saturated heterocycles. The fraction of sp³-hybridized carbons (Fsp3) is 0.609. The predicted molar refractivity (Wildman–Crippen MR) is 119 cm³/mol. The van der Waals surface area contributed by atoms with Crippen molar-refractivity contribution in [1.29, 1.82) is 0 Å². The number of carbonyl (C=O) groups excluding carboxylic acids is 1. The van der Waals surface area contributed by atoms with Crippen molar-refractivity contribution in [1.82, 2.24) is 24.8 Å². The van der Waals surface area contributed by atoms with Crippen LogP contribution in [0.4, 0.5) is 5.82 Å². The SMILES string of the molecule is CN(C)CC#CC(=O)N1CC2CN(c3ncnc4[nH]cc(C5CCOCC5)c34)CC2C1. The van der Waals surface area contributed by atoms with Gasteiger partial charge < -0.3 is 19.5 Å². The van der Waals surface area contributed by atoms with Gasteiger partial charge in [-0.1, -0.05) is 5.92 Å². The van der Waals surface area contributed by atoms with Gasteiger partial charge in [-0.2, -0.15) is 0 Å². The van der Waals surface area contributed by atoms with Crippen molar-refractivity contribution in [2.24, 2.45) is 11.8 Å². The van der Waals surface area contributed by atoms with Crippen molar-refractivity contribution in [3.8, 4) is 11.8 Å². The molecule has 2 atom stereocenters. The second-order valence-electron chi connectivity index (χ2n) is 9.23. The van der Waals surface area contributed by atoms with Crippen LogP contribution in [-0.2, 0) is 9.53 Å². The smallest absolute Gasteiger partial charge is 0.298 e. The second kappa shape index (κ2) is 8.48. The Labute approximate surface area is 183 Å². The quantitative estimate of drug-likeness (QED) is 0.752. The van der Waals surface area contributed by atoms with Crippen LogP contribution < -0.4 is 4.90 Å². The molecule has 0 spiro atoms. The maximum absolute atomic E-state index is 12.5. The summed E-state index contributed by atoms with van der Waals surface area (Å²) >= 11 is 0. The highest BCUT2D eigenvalue weighted by Gasteiger charge is 2.42. The number of carbonyl (C=O) groups is 1. The number of likely N-dealkylation sites (tertiary alicyclic amines) is 1. The molecule has 8 heteroatoms. The molecule has 3 aliphatic rings. The molecular formula is C23H30N6O2. The van der Waals surface area contributed by atoms with E-state index in [4.69, 9.17) is 9.72 Å². The number of amides is 1. The summed E-state index contributed by atoms with van der Waals surface area (Å²) in [5.41, 5.74) is 2.23. The zero-order chi connectivity index (χ0) is 21.4. The third-order valence-corrected chi connectivity index (χ3v) is 6.81. The average Bonchev–Trinajstić information content (AvgIpc) is 3.47. The molecule has 2 aromatic heterocycles. The zero-order valence-corrected chi connectivity index (χ0v) is 18.3. The van der Waals surface area contributed by atoms with Crippen molar-refractivity contribution in [2.75, 3.05) is 64.9 Å². The minimum atomic E-state index is -0.0420. The molecule has 0 radical (unpaired) electrons. The van der Waals surface area contributed by atoms with E-state index < -0.39 is 0 Å². The van der Waals surface area contributed by atoms with Gasteiger partial charge in [0.1, 0.15) is 17.8 Å². The van der Waals surface area contributed by atoms with Gasteiger partial charge in [0.15, 0.2) is 0 Å². The first-order valence-corrected chi connectivity index (χ1v) is 11.2. The summed E-state index contributed by atoms with van der Waals surface area (Å²) in [6.07, 6.45) is 5.85. The maximum atomic E-state index is 12.5. The van der Waals surface area contributed by atoms with Crippen molar-refractivity contribution < 1.29 is 9.53 Å². The van der Waals surface area contributed by atoms with E-state index in [0.717, 1.165) is 69.1 Å². The van der Waals surface area contributed by atoms with Crippen molar-refractivity contribution >= 4 is 22.8 Å². The highest BCUT2D eigenvalue weighted by molar-refractivity contribution is 5.94. The Bertz CT molecular complexity index is 1000. The number of nitrogens with zero attached hydrogens (tertiary/aromatic N) is 5. The number of hydrogen-bond donors (Lipinski definition) is 1. The molecule has 1 N–H and O–H groups in total. The van der Waals surface area contributed by atoms with Crippen LogP contribution in [0.25, 0.3) is 11.0 Å². The molecule has 31 heavy (non-hydrogen) atoms. The fourth-order valence-corrected chi connectivity index (χ4v) is 5.22. The topological polar surface area (TPSA) is 77.6 Å². The van der Waals surface area contributed by atoms with Gasteiger partial charge in [-0.3, -0.25) is 9.69 Å². The Morgan fingerprint density at radius 2 is 1.94 bits per heavy atom. The van der Waals surface area contributed by atoms with Gasteiger partial charge in [0.2, 0.25) is 0 Å². The van der Waals surface area contributed by atoms with Crippen LogP contribution in [0, 0.1) is 23.7 Å². The minimum absolute atomic E-state index is 0.0420. The van der Waals surface area contributed by atoms with Crippen LogP contribution in [0.1, 0.15) is 24.3 Å². The number of anilines is 1. The first-order chi connectivity index (χ1) is 15.1. The molecule has 2 aromatic rings. The number of H-pyrrole nitrogens is 1. The summed E-state index contributed by atoms with van der Waals surface area (Å²) in [5.74, 6) is 8.18. The molecule has 5 rings (SSSR count). The van der Waals surface area contributed by atoms with Crippen LogP contribution in [-0.4, -0.2) is 90.7 Å². The fourth-order valence-electron chi connectivity index (χ4n) is 5.22. The van der Waals surface area contributed by atoms with Crippen molar-refractivity contribution in [3.63, 3.8) is 0 Å². The third kappa shape index (κ3) is 4.00. The molecular weight excluding hydrogens is 392 g/mol. The average molecular weight is 423 g/mol. The van der Waals surface area contributed by atoms with Gasteiger partial charge in [-0.25, -0.2) is 9.97 Å². The molecule has 2 unspecified atom stereocenters. The predicted octanol–water partition coefficient (Wildman–Crippen LogP) is 1.31. The Balaban J connectivity index is 1.31. The Hall–Kier alpha value is -2.63. The van der Waals surface area contributed by atoms with Crippen LogP contribution >= 0.6 is 0 Å². The van der Waals surface area contributed by atoms with Crippen LogP contribution in [0.15, 0.2) is 12.5 Å². The summed E-state index contributed by atoms with van der Waals surface area (Å²) in [5, 5.41) is 1.16. The maximum Gasteiger partial charge on any atom is 0.298 e. The van der Waals surface area contributed by atoms with Crippen molar-refractivity contribution in [2.45, 2.75) is 18.8 Å². The standard InChI is InChI=1S/C23H30N6O2/c1-27(2)7-3-4-20(30)28-11-17-13-29(14-18(17)12-28)23-21-19(16-5-8-31-9-6-16)10-24-22(21)25-15-26-23/h10,15-18H,5-9,11-14H2,1-2H3,(H,24,25,26). The Kier molecular flexibility index (Phi) is 5.55. The number of aromatic amines is 1. The summed E-state index contributed by atoms with van der Waals surface area (Å²) in [6.45, 7) is 5.64. The molecule has 164 valence electrons. The lowest BCUT2D eigenvalue weighted by atomic mass is 9.92. The van der Waals surface area contributed by atoms with E-state index >= 15 is 0 Å². The molecule has 0 saturated carbocycles. The molecule has 8 nitrogen and oxygen atoms in total. The summed E-state index contributed by atoms with van der Waals surface area (Å²) in [6, 6.07) is 0. The third-order valence-electron chi connectivity index (χ3n) is 6.81. The lowest BCUT2D eigenvalue weighted by Gasteiger charge is -2.25. The number of hydrogen-bond acceptors (Lipinski definition) is 6. The van der Waals surface area contributed by atoms with Gasteiger partial charge in [0, 0.05) is 57.4 Å². The van der Waals surface area contributed by atoms with E-state index in [1.807, 2.05) is 23.9 Å². The lowest BCUT2D eigenvalue weighted by molar-refractivity contribution is -0.124. The van der Waals surface area contributed by atoms with Gasteiger partial charge >= 0.3 is 0 Å². The number of ether oxygens (including phenoxy) is 1. The number of nitrogens with one attached hydrogen (secondary N) is 1. The zero-order valence-electron chi connectivity index (χ0n) is 18.3. The van der Waals surface area contributed by atoms with Crippen molar-refractivity contribution in [3.05, 3.63) is 18.1 Å². The number of aromatic nitrogens is 3. The van der Waals surface area contributed by atoms with E-state index in [-0.39, 0.29) is 5.91 Å². The van der Waals surface area contributed by atoms with Gasteiger partial charge in [0.05, 0.1) is 11.9 Å². The second-order valence-corrected chi connectivity index (χ2v) is 9.23. The molecule has 3 fully saturated rings. The van der Waals surface area contributed by atoms with Gasteiger partial charge in [-0.05, 0) is 44.3 Å². The van der Waals surface area contributed by atoms with E-state index in [9.17, 15) is 4.79 Å². The van der Waals surface area contributed by atoms with E-state index in [0.29, 0.717) is 24.3 Å². The highest BCUT2D eigenvalue weighted by Crippen LogP contribution is 2.39. The van der Waals surface area contributed by atoms with E-state index in [2.05, 4.69) is 32.9 Å². The van der Waals surface area contributed by atoms with E-state index in [1.54, 1.807) is 6.33 Å². The normalized spacial score (nSPS) is 24.0. The number of rotatable bonds is 3. The van der Waals surface area contributed by atoms with Crippen LogP contribution in [0.2, 0.25) is 0 Å². The Morgan fingerprint density at radius 1 is 1.19 bits per heavy atom. The first-order valence-electron chi connectivity index (χ1n) is 11.2. The monoisotopic (exact) mass is 422 g/mol. The lowest BCUT2D eigenvalue weighted by Crippen LogP contribution is -2.33. The number of fused-ring (bicyclic) bond motifs is 2. The summed E-state index contributed by atoms with van der Waals surface area (Å²) in [7, 11) is 3.91. The van der Waals surface area contributed by atoms with Gasteiger partial charge in [0.25, 0.3) is 5.91 Å². The highest BCUT2D eigenvalue weighted by atomic mass is 16.5. The molecule has 0 aromatic carbocycles. The molecule has 3 aliphatic heterocycles. The molecule has 1 amide bonds. The van der Waals surface area contributed by atoms with Crippen LogP contribution in [0.3, 0.4) is 0 Å². The molecule has 0 bridgehead atoms. The summed E-state index contributed by atoms with van der Waals surface area (Å²) < 4.78 is 5.56. The van der Waals surface area contributed by atoms with E-state index in [1.165, 1.54) is 5.56 Å². The summed E-state index contributed by atoms with van der Waals surface area (Å²) in [4.78, 5) is 31.3. The van der Waals surface area contributed by atoms with Gasteiger partial charge in [-0.15, -0.1) is 0 Å². The Morgan fingerprint density at radius 3 is 2.65 bits per heavy atom. The largest absolute Gasteiger partial charge is 0.381 e. The molecule has 5 heterocycles. The molecule has 0 aliphatic carbocycles. The first kappa shape index (κ1) is 20.3.